The van der Waals surface area contributed by atoms with Crippen molar-refractivity contribution in [2.75, 3.05) is 6.54 Å². The number of rotatable bonds is 3. The fourth-order valence-corrected chi connectivity index (χ4v) is 3.34. The van der Waals surface area contributed by atoms with E-state index in [2.05, 4.69) is 42.7 Å². The van der Waals surface area contributed by atoms with E-state index in [1.165, 1.54) is 16.7 Å². The molecule has 22 heavy (non-hydrogen) atoms. The van der Waals surface area contributed by atoms with Crippen molar-refractivity contribution in [1.82, 2.24) is 15.5 Å². The molecule has 0 spiro atoms. The lowest BCUT2D eigenvalue weighted by molar-refractivity contribution is -0.146. The normalized spacial score (nSPS) is 27.8. The summed E-state index contributed by atoms with van der Waals surface area (Å²) in [5, 5.41) is 6.26. The minimum absolute atomic E-state index is 0.0249. The lowest BCUT2D eigenvalue weighted by atomic mass is 10.0. The predicted octanol–water partition coefficient (Wildman–Crippen LogP) is 0.881. The molecule has 2 saturated heterocycles. The largest absolute Gasteiger partial charge is 0.343 e. The summed E-state index contributed by atoms with van der Waals surface area (Å²) in [6.07, 6.45) is 0.690. The zero-order chi connectivity index (χ0) is 15.9. The minimum atomic E-state index is -0.401. The molecule has 2 fully saturated rings. The van der Waals surface area contributed by atoms with Gasteiger partial charge in [-0.3, -0.25) is 9.59 Å². The van der Waals surface area contributed by atoms with Gasteiger partial charge in [-0.15, -0.1) is 0 Å². The van der Waals surface area contributed by atoms with Gasteiger partial charge in [0.05, 0.1) is 0 Å². The van der Waals surface area contributed by atoms with Gasteiger partial charge in [0, 0.05) is 19.1 Å². The number of piperazine rings is 1. The van der Waals surface area contributed by atoms with Crippen LogP contribution in [0.5, 0.6) is 0 Å². The summed E-state index contributed by atoms with van der Waals surface area (Å²) in [6, 6.07) is 5.89. The number of carbonyl (C=O) groups excluding carboxylic acids is 2. The van der Waals surface area contributed by atoms with Crippen molar-refractivity contribution in [1.29, 1.82) is 0 Å². The maximum Gasteiger partial charge on any atom is 0.245 e. The van der Waals surface area contributed by atoms with E-state index < -0.39 is 6.04 Å². The molecular formula is C17H23N3O2. The Hall–Kier alpha value is -1.88. The number of benzene rings is 1. The number of nitrogens with one attached hydrogen (secondary N) is 2. The Labute approximate surface area is 131 Å². The van der Waals surface area contributed by atoms with Crippen LogP contribution in [-0.2, 0) is 16.1 Å². The van der Waals surface area contributed by atoms with Crippen molar-refractivity contribution in [3.8, 4) is 0 Å². The average Bonchev–Trinajstić information content (AvgIpc) is 2.91. The topological polar surface area (TPSA) is 61.4 Å². The maximum atomic E-state index is 12.2. The molecular weight excluding hydrogens is 278 g/mol. The van der Waals surface area contributed by atoms with E-state index in [9.17, 15) is 9.59 Å². The molecule has 2 aliphatic rings. The summed E-state index contributed by atoms with van der Waals surface area (Å²) in [7, 11) is 0. The molecule has 118 valence electrons. The second kappa shape index (κ2) is 5.72. The standard InChI is InChI=1S/C17H23N3O2/c1-10-4-5-11(2)13(6-10)8-18-14-7-15-16(21)19-12(3)17(22)20(15)9-14/h4-6,12,14-15,18H,7-9H2,1-3H3,(H,19,21)/t12-,14+,15+/m1/s1. The van der Waals surface area contributed by atoms with Gasteiger partial charge in [-0.1, -0.05) is 23.8 Å². The highest BCUT2D eigenvalue weighted by Crippen LogP contribution is 2.23. The Morgan fingerprint density at radius 2 is 2.09 bits per heavy atom. The summed E-state index contributed by atoms with van der Waals surface area (Å²) in [6.45, 7) is 7.32. The smallest absolute Gasteiger partial charge is 0.245 e. The molecule has 2 heterocycles. The van der Waals surface area contributed by atoms with Crippen LogP contribution in [0.4, 0.5) is 0 Å². The van der Waals surface area contributed by atoms with Crippen molar-refractivity contribution in [2.45, 2.75) is 51.9 Å². The second-order valence-corrected chi connectivity index (χ2v) is 6.48. The highest BCUT2D eigenvalue weighted by Gasteiger charge is 2.44. The van der Waals surface area contributed by atoms with Crippen molar-refractivity contribution < 1.29 is 9.59 Å². The molecule has 2 amide bonds. The third kappa shape index (κ3) is 2.73. The van der Waals surface area contributed by atoms with Gasteiger partial charge in [-0.2, -0.15) is 0 Å². The van der Waals surface area contributed by atoms with E-state index in [1.54, 1.807) is 11.8 Å². The van der Waals surface area contributed by atoms with Crippen LogP contribution in [0, 0.1) is 13.8 Å². The number of amides is 2. The molecule has 0 unspecified atom stereocenters. The zero-order valence-corrected chi connectivity index (χ0v) is 13.3. The number of carbonyl (C=O) groups is 2. The van der Waals surface area contributed by atoms with Crippen LogP contribution in [0.3, 0.4) is 0 Å². The Morgan fingerprint density at radius 1 is 1.32 bits per heavy atom. The van der Waals surface area contributed by atoms with E-state index >= 15 is 0 Å². The molecule has 0 aliphatic carbocycles. The van der Waals surface area contributed by atoms with Crippen LogP contribution in [0.15, 0.2) is 18.2 Å². The van der Waals surface area contributed by atoms with E-state index in [0.29, 0.717) is 13.0 Å². The fourth-order valence-electron chi connectivity index (χ4n) is 3.34. The van der Waals surface area contributed by atoms with E-state index in [-0.39, 0.29) is 23.9 Å². The Morgan fingerprint density at radius 3 is 2.86 bits per heavy atom. The minimum Gasteiger partial charge on any atom is -0.343 e. The first-order chi connectivity index (χ1) is 10.5. The number of hydrogen-bond acceptors (Lipinski definition) is 3. The summed E-state index contributed by atoms with van der Waals surface area (Å²) >= 11 is 0. The molecule has 0 saturated carbocycles. The average molecular weight is 301 g/mol. The highest BCUT2D eigenvalue weighted by atomic mass is 16.2. The van der Waals surface area contributed by atoms with Gasteiger partial charge >= 0.3 is 0 Å². The van der Waals surface area contributed by atoms with Gasteiger partial charge in [0.25, 0.3) is 0 Å². The summed E-state index contributed by atoms with van der Waals surface area (Å²) in [4.78, 5) is 25.9. The summed E-state index contributed by atoms with van der Waals surface area (Å²) < 4.78 is 0. The van der Waals surface area contributed by atoms with Crippen LogP contribution in [0.2, 0.25) is 0 Å². The highest BCUT2D eigenvalue weighted by molar-refractivity contribution is 5.97. The van der Waals surface area contributed by atoms with Gasteiger partial charge in [0.1, 0.15) is 12.1 Å². The van der Waals surface area contributed by atoms with Gasteiger partial charge in [-0.25, -0.2) is 0 Å². The number of nitrogens with zero attached hydrogens (tertiary/aromatic N) is 1. The third-order valence-electron chi connectivity index (χ3n) is 4.70. The molecule has 0 aromatic heterocycles. The molecule has 0 bridgehead atoms. The van der Waals surface area contributed by atoms with Gasteiger partial charge in [0.15, 0.2) is 0 Å². The van der Waals surface area contributed by atoms with Crippen LogP contribution in [0.1, 0.15) is 30.0 Å². The maximum absolute atomic E-state index is 12.2. The zero-order valence-electron chi connectivity index (χ0n) is 13.3. The van der Waals surface area contributed by atoms with Crippen molar-refractivity contribution in [3.05, 3.63) is 34.9 Å². The lowest BCUT2D eigenvalue weighted by Gasteiger charge is -2.32. The van der Waals surface area contributed by atoms with Gasteiger partial charge in [-0.05, 0) is 38.3 Å². The molecule has 5 nitrogen and oxygen atoms in total. The Bertz CT molecular complexity index is 614. The Balaban J connectivity index is 1.65. The molecule has 1 aromatic rings. The van der Waals surface area contributed by atoms with Crippen LogP contribution in [-0.4, -0.2) is 41.4 Å². The molecule has 0 radical (unpaired) electrons. The first kappa shape index (κ1) is 15.0. The van der Waals surface area contributed by atoms with Crippen molar-refractivity contribution in [3.63, 3.8) is 0 Å². The monoisotopic (exact) mass is 301 g/mol. The summed E-state index contributed by atoms with van der Waals surface area (Å²) in [5.74, 6) is 0.00349. The lowest BCUT2D eigenvalue weighted by Crippen LogP contribution is -2.60. The summed E-state index contributed by atoms with van der Waals surface area (Å²) in [5.41, 5.74) is 3.78. The predicted molar refractivity (Wildman–Crippen MR) is 84.3 cm³/mol. The SMILES string of the molecule is Cc1ccc(C)c(CN[C@H]2C[C@H]3C(=O)N[C@H](C)C(=O)N3C2)c1. The van der Waals surface area contributed by atoms with Crippen LogP contribution in [0.25, 0.3) is 0 Å². The third-order valence-corrected chi connectivity index (χ3v) is 4.70. The van der Waals surface area contributed by atoms with Gasteiger partial charge < -0.3 is 15.5 Å². The first-order valence-corrected chi connectivity index (χ1v) is 7.86. The van der Waals surface area contributed by atoms with Crippen LogP contribution >= 0.6 is 0 Å². The Kier molecular flexibility index (Phi) is 3.91. The molecule has 3 atom stereocenters. The van der Waals surface area contributed by atoms with Crippen molar-refractivity contribution in [2.24, 2.45) is 0 Å². The van der Waals surface area contributed by atoms with Gasteiger partial charge in [0.2, 0.25) is 11.8 Å². The fraction of sp³-hybridized carbons (Fsp3) is 0.529. The molecule has 2 N–H and O–H groups in total. The molecule has 1 aromatic carbocycles. The molecule has 2 aliphatic heterocycles. The number of fused-ring (bicyclic) bond motifs is 1. The van der Waals surface area contributed by atoms with Crippen LogP contribution < -0.4 is 10.6 Å². The quantitative estimate of drug-likeness (QED) is 0.871. The van der Waals surface area contributed by atoms with Crippen molar-refractivity contribution >= 4 is 11.8 Å². The number of aryl methyl sites for hydroxylation is 2. The van der Waals surface area contributed by atoms with E-state index in [1.807, 2.05) is 0 Å². The second-order valence-electron chi connectivity index (χ2n) is 6.48. The number of hydrogen-bond donors (Lipinski definition) is 2. The van der Waals surface area contributed by atoms with E-state index in [4.69, 9.17) is 0 Å². The molecule has 3 rings (SSSR count). The molecule has 5 heteroatoms. The van der Waals surface area contributed by atoms with E-state index in [0.717, 1.165) is 6.54 Å². The first-order valence-electron chi connectivity index (χ1n) is 7.86.